The molecule has 0 bridgehead atoms. The number of carboxylic acids is 1. The number of aliphatic carboxylic acids is 1. The zero-order chi connectivity index (χ0) is 23.2. The summed E-state index contributed by atoms with van der Waals surface area (Å²) < 4.78 is 1.68. The molecule has 2 amide bonds. The number of thioether (sulfide) groups is 1. The largest absolute Gasteiger partial charge is 0.481 e. The van der Waals surface area contributed by atoms with Crippen molar-refractivity contribution in [2.75, 3.05) is 11.1 Å². The first kappa shape index (κ1) is 23.3. The van der Waals surface area contributed by atoms with Crippen LogP contribution in [0.5, 0.6) is 0 Å². The fourth-order valence-corrected chi connectivity index (χ4v) is 5.93. The first-order valence-corrected chi connectivity index (χ1v) is 12.7. The molecule has 1 saturated carbocycles. The number of aromatic nitrogens is 1. The summed E-state index contributed by atoms with van der Waals surface area (Å²) in [7, 11) is 0. The van der Waals surface area contributed by atoms with Gasteiger partial charge in [0, 0.05) is 12.2 Å². The Morgan fingerprint density at radius 1 is 1.06 bits per heavy atom. The highest BCUT2D eigenvalue weighted by Gasteiger charge is 2.35. The van der Waals surface area contributed by atoms with Gasteiger partial charge >= 0.3 is 5.97 Å². The van der Waals surface area contributed by atoms with Crippen molar-refractivity contribution in [2.45, 2.75) is 36.6 Å². The number of fused-ring (bicyclic) bond motifs is 1. The summed E-state index contributed by atoms with van der Waals surface area (Å²) in [4.78, 5) is 41.0. The number of carbonyl (C=O) groups is 3. The molecule has 0 spiro atoms. The Kier molecular flexibility index (Phi) is 7.61. The quantitative estimate of drug-likeness (QED) is 0.406. The van der Waals surface area contributed by atoms with Crippen molar-refractivity contribution in [1.82, 2.24) is 10.3 Å². The van der Waals surface area contributed by atoms with E-state index >= 15 is 0 Å². The van der Waals surface area contributed by atoms with Crippen LogP contribution in [0.1, 0.15) is 31.2 Å². The minimum atomic E-state index is -0.901. The molecule has 1 fully saturated rings. The van der Waals surface area contributed by atoms with E-state index < -0.39 is 17.8 Å². The summed E-state index contributed by atoms with van der Waals surface area (Å²) in [6.07, 6.45) is 2.85. The fraction of sp³-hybridized carbons (Fsp3) is 0.333. The maximum atomic E-state index is 12.7. The normalized spacial score (nSPS) is 18.1. The molecule has 0 radical (unpaired) electrons. The van der Waals surface area contributed by atoms with Crippen molar-refractivity contribution in [1.29, 1.82) is 0 Å². The van der Waals surface area contributed by atoms with Gasteiger partial charge in [-0.05, 0) is 36.6 Å². The van der Waals surface area contributed by atoms with Crippen molar-refractivity contribution in [2.24, 2.45) is 11.8 Å². The minimum Gasteiger partial charge on any atom is -0.481 e. The predicted molar refractivity (Wildman–Crippen MR) is 130 cm³/mol. The van der Waals surface area contributed by atoms with Gasteiger partial charge in [0.05, 0.1) is 27.8 Å². The lowest BCUT2D eigenvalue weighted by Gasteiger charge is -2.27. The summed E-state index contributed by atoms with van der Waals surface area (Å²) in [5, 5.41) is 15.2. The van der Waals surface area contributed by atoms with Crippen LogP contribution in [-0.2, 0) is 20.9 Å². The molecule has 172 valence electrons. The van der Waals surface area contributed by atoms with E-state index in [9.17, 15) is 19.5 Å². The summed E-state index contributed by atoms with van der Waals surface area (Å²) in [6.45, 7) is 0.493. The molecule has 1 aliphatic carbocycles. The number of nitrogens with one attached hydrogen (secondary N) is 2. The second-order valence-corrected chi connectivity index (χ2v) is 10.3. The highest BCUT2D eigenvalue weighted by molar-refractivity contribution is 8.01. The van der Waals surface area contributed by atoms with Gasteiger partial charge in [0.2, 0.25) is 11.8 Å². The molecule has 0 aliphatic heterocycles. The summed E-state index contributed by atoms with van der Waals surface area (Å²) in [6, 6.07) is 15.2. The maximum Gasteiger partial charge on any atom is 0.307 e. The summed E-state index contributed by atoms with van der Waals surface area (Å²) in [5.41, 5.74) is 2.47. The Balaban J connectivity index is 1.33. The molecular formula is C24H25N3O4S2. The third-order valence-electron chi connectivity index (χ3n) is 5.72. The van der Waals surface area contributed by atoms with Gasteiger partial charge in [-0.25, -0.2) is 4.98 Å². The van der Waals surface area contributed by atoms with Crippen LogP contribution < -0.4 is 10.6 Å². The zero-order valence-electron chi connectivity index (χ0n) is 18.0. The van der Waals surface area contributed by atoms with E-state index in [-0.39, 0.29) is 17.6 Å². The lowest BCUT2D eigenvalue weighted by molar-refractivity contribution is -0.147. The Morgan fingerprint density at radius 3 is 2.58 bits per heavy atom. The number of hydrogen-bond acceptors (Lipinski definition) is 6. The first-order chi connectivity index (χ1) is 16.0. The molecule has 4 rings (SSSR count). The third-order valence-corrected chi connectivity index (χ3v) is 7.88. The van der Waals surface area contributed by atoms with Crippen LogP contribution in [0.25, 0.3) is 10.2 Å². The van der Waals surface area contributed by atoms with Gasteiger partial charge in [0.15, 0.2) is 4.34 Å². The van der Waals surface area contributed by atoms with E-state index in [1.54, 1.807) is 6.07 Å². The Morgan fingerprint density at radius 2 is 1.82 bits per heavy atom. The minimum absolute atomic E-state index is 0.0588. The van der Waals surface area contributed by atoms with Crippen LogP contribution in [-0.4, -0.2) is 33.6 Å². The number of hydrogen-bond donors (Lipinski definition) is 3. The van der Waals surface area contributed by atoms with E-state index in [1.165, 1.54) is 23.1 Å². The van der Waals surface area contributed by atoms with Crippen molar-refractivity contribution in [3.63, 3.8) is 0 Å². The lowest BCUT2D eigenvalue weighted by Crippen LogP contribution is -2.36. The zero-order valence-corrected chi connectivity index (χ0v) is 19.6. The number of rotatable bonds is 8. The Hall–Kier alpha value is -2.91. The maximum absolute atomic E-state index is 12.7. The molecule has 3 N–H and O–H groups in total. The van der Waals surface area contributed by atoms with Gasteiger partial charge in [-0.2, -0.15) is 0 Å². The van der Waals surface area contributed by atoms with Crippen molar-refractivity contribution in [3.8, 4) is 0 Å². The van der Waals surface area contributed by atoms with Gasteiger partial charge in [0.1, 0.15) is 0 Å². The molecule has 2 unspecified atom stereocenters. The molecule has 1 heterocycles. The molecule has 33 heavy (non-hydrogen) atoms. The number of carboxylic acid groups (broad SMARTS) is 1. The van der Waals surface area contributed by atoms with E-state index in [0.29, 0.717) is 25.1 Å². The average Bonchev–Trinajstić information content (AvgIpc) is 3.24. The molecule has 9 heteroatoms. The van der Waals surface area contributed by atoms with Crippen molar-refractivity contribution in [3.05, 3.63) is 54.1 Å². The number of anilines is 1. The average molecular weight is 484 g/mol. The Bertz CT molecular complexity index is 1150. The van der Waals surface area contributed by atoms with Gasteiger partial charge in [-0.1, -0.05) is 54.9 Å². The van der Waals surface area contributed by atoms with E-state index in [0.717, 1.165) is 33.0 Å². The molecule has 0 saturated heterocycles. The number of nitrogens with zero attached hydrogens (tertiary/aromatic N) is 1. The fourth-order valence-electron chi connectivity index (χ4n) is 3.99. The van der Waals surface area contributed by atoms with Crippen LogP contribution in [0.15, 0.2) is 52.9 Å². The molecule has 2 aromatic carbocycles. The molecule has 2 atom stereocenters. The van der Waals surface area contributed by atoms with E-state index in [4.69, 9.17) is 0 Å². The van der Waals surface area contributed by atoms with Gasteiger partial charge in [-0.3, -0.25) is 14.4 Å². The van der Waals surface area contributed by atoms with Crippen LogP contribution in [0.4, 0.5) is 5.69 Å². The molecule has 1 aliphatic rings. The van der Waals surface area contributed by atoms with E-state index in [1.807, 2.05) is 42.5 Å². The summed E-state index contributed by atoms with van der Waals surface area (Å²) in [5.74, 6) is -2.06. The number of amides is 2. The highest BCUT2D eigenvalue weighted by atomic mass is 32.2. The summed E-state index contributed by atoms with van der Waals surface area (Å²) >= 11 is 2.84. The monoisotopic (exact) mass is 483 g/mol. The van der Waals surface area contributed by atoms with Gasteiger partial charge in [-0.15, -0.1) is 11.3 Å². The van der Waals surface area contributed by atoms with Crippen LogP contribution in [0, 0.1) is 11.8 Å². The Labute approximate surface area is 200 Å². The topological polar surface area (TPSA) is 108 Å². The van der Waals surface area contributed by atoms with Crippen molar-refractivity contribution < 1.29 is 19.5 Å². The molecule has 3 aromatic rings. The first-order valence-electron chi connectivity index (χ1n) is 10.9. The molecule has 7 nitrogen and oxygen atoms in total. The number of thiazole rings is 1. The second kappa shape index (κ2) is 10.8. The molecular weight excluding hydrogens is 458 g/mol. The highest BCUT2D eigenvalue weighted by Crippen LogP contribution is 2.33. The van der Waals surface area contributed by atoms with Gasteiger partial charge < -0.3 is 15.7 Å². The van der Waals surface area contributed by atoms with Crippen LogP contribution in [0.2, 0.25) is 0 Å². The number of carbonyl (C=O) groups excluding carboxylic acids is 2. The predicted octanol–water partition coefficient (Wildman–Crippen LogP) is 4.53. The lowest BCUT2D eigenvalue weighted by atomic mass is 9.78. The third kappa shape index (κ3) is 6.11. The van der Waals surface area contributed by atoms with Crippen LogP contribution >= 0.6 is 23.1 Å². The smallest absolute Gasteiger partial charge is 0.307 e. The van der Waals surface area contributed by atoms with Crippen molar-refractivity contribution >= 4 is 56.8 Å². The standard InChI is InChI=1S/C24H25N3O4S2/c28-21(25-13-15-6-2-1-3-7-15)14-32-24-27-19-11-10-16(12-20(19)33-24)26-22(29)17-8-4-5-9-18(17)23(30)31/h1-3,6-7,10-12,17-18H,4-5,8-9,13-14H2,(H,25,28)(H,26,29)(H,30,31). The van der Waals surface area contributed by atoms with E-state index in [2.05, 4.69) is 15.6 Å². The van der Waals surface area contributed by atoms with Crippen LogP contribution in [0.3, 0.4) is 0 Å². The van der Waals surface area contributed by atoms with Gasteiger partial charge in [0.25, 0.3) is 0 Å². The molecule has 1 aromatic heterocycles. The second-order valence-electron chi connectivity index (χ2n) is 8.04. The SMILES string of the molecule is O=C(CSc1nc2ccc(NC(=O)C3CCCCC3C(=O)O)cc2s1)NCc1ccccc1. The number of benzene rings is 2.